The van der Waals surface area contributed by atoms with E-state index in [0.29, 0.717) is 22.9 Å². The summed E-state index contributed by atoms with van der Waals surface area (Å²) in [6.45, 7) is 0.291. The zero-order valence-electron chi connectivity index (χ0n) is 18.0. The van der Waals surface area contributed by atoms with Gasteiger partial charge in [0, 0.05) is 12.4 Å². The van der Waals surface area contributed by atoms with Crippen LogP contribution in [-0.2, 0) is 13.1 Å². The fraction of sp³-hybridized carbons (Fsp3) is 0.120. The molecule has 0 aliphatic carbocycles. The van der Waals surface area contributed by atoms with E-state index in [2.05, 4.69) is 9.97 Å². The van der Waals surface area contributed by atoms with Gasteiger partial charge in [0.05, 0.1) is 13.1 Å². The second-order valence-electron chi connectivity index (χ2n) is 7.65. The van der Waals surface area contributed by atoms with Crippen LogP contribution in [0.4, 0.5) is 5.82 Å². The summed E-state index contributed by atoms with van der Waals surface area (Å²) in [5.74, 6) is 0.965. The quantitative estimate of drug-likeness (QED) is 0.478. The minimum atomic E-state index is -0.694. The average Bonchev–Trinajstić information content (AvgIpc) is 3.34. The molecule has 0 unspecified atom stereocenters. The lowest BCUT2D eigenvalue weighted by molar-refractivity contribution is 0.0981. The van der Waals surface area contributed by atoms with Crippen molar-refractivity contribution in [2.45, 2.75) is 13.1 Å². The van der Waals surface area contributed by atoms with Gasteiger partial charge in [0.1, 0.15) is 11.4 Å². The highest BCUT2D eigenvalue weighted by Gasteiger charge is 2.24. The number of nitrogens with one attached hydrogen (secondary N) is 1. The van der Waals surface area contributed by atoms with Crippen LogP contribution in [0.3, 0.4) is 0 Å². The van der Waals surface area contributed by atoms with Crippen molar-refractivity contribution >= 4 is 11.7 Å². The molecule has 0 fully saturated rings. The summed E-state index contributed by atoms with van der Waals surface area (Å²) in [5.41, 5.74) is 0.0490. The lowest BCUT2D eigenvalue weighted by atomic mass is 10.2. The summed E-state index contributed by atoms with van der Waals surface area (Å²) in [5, 5.41) is 0. The van der Waals surface area contributed by atoms with Gasteiger partial charge in [-0.05, 0) is 35.4 Å². The topological polar surface area (TPSA) is 107 Å². The largest absolute Gasteiger partial charge is 0.454 e. The first-order valence-corrected chi connectivity index (χ1v) is 10.6. The lowest BCUT2D eigenvalue weighted by Gasteiger charge is -2.22. The number of benzene rings is 2. The molecule has 0 bridgehead atoms. The number of carbonyl (C=O) groups is 1. The van der Waals surface area contributed by atoms with E-state index in [1.807, 2.05) is 30.3 Å². The number of nitrogens with zero attached hydrogens (tertiary/aromatic N) is 3. The second kappa shape index (κ2) is 9.07. The molecule has 4 aromatic rings. The third kappa shape index (κ3) is 4.18. The molecule has 9 nitrogen and oxygen atoms in total. The van der Waals surface area contributed by atoms with Crippen LogP contribution < -0.4 is 25.6 Å². The van der Waals surface area contributed by atoms with Crippen molar-refractivity contribution in [1.82, 2.24) is 14.5 Å². The minimum Gasteiger partial charge on any atom is -0.454 e. The predicted octanol–water partition coefficient (Wildman–Crippen LogP) is 2.56. The Morgan fingerprint density at radius 2 is 1.76 bits per heavy atom. The van der Waals surface area contributed by atoms with E-state index in [4.69, 9.17) is 9.47 Å². The van der Waals surface area contributed by atoms with E-state index in [1.54, 1.807) is 42.6 Å². The first kappa shape index (κ1) is 21.2. The summed E-state index contributed by atoms with van der Waals surface area (Å²) in [6, 6.07) is 19.7. The first-order chi connectivity index (χ1) is 16.6. The molecule has 1 amide bonds. The molecule has 170 valence electrons. The number of carbonyl (C=O) groups excluding carboxylic acids is 1. The lowest BCUT2D eigenvalue weighted by Crippen LogP contribution is -2.42. The fourth-order valence-electron chi connectivity index (χ4n) is 3.71. The van der Waals surface area contributed by atoms with Crippen LogP contribution in [-0.4, -0.2) is 27.2 Å². The Bertz CT molecular complexity index is 1450. The molecule has 34 heavy (non-hydrogen) atoms. The van der Waals surface area contributed by atoms with Crippen molar-refractivity contribution in [2.24, 2.45) is 0 Å². The van der Waals surface area contributed by atoms with Crippen molar-refractivity contribution in [2.75, 3.05) is 11.7 Å². The Morgan fingerprint density at radius 1 is 0.971 bits per heavy atom. The standard InChI is InChI=1S/C25H20N4O5/c30-23(28(22-8-4-5-11-26-22)14-17-6-2-1-3-7-17)19-13-27-25(32)29(24(19)31)15-18-9-10-20-21(12-18)34-16-33-20/h1-13H,14-16H2,(H,27,32). The van der Waals surface area contributed by atoms with Crippen molar-refractivity contribution in [3.8, 4) is 11.5 Å². The monoisotopic (exact) mass is 456 g/mol. The minimum absolute atomic E-state index is 0.0335. The van der Waals surface area contributed by atoms with Gasteiger partial charge in [-0.3, -0.25) is 19.1 Å². The highest BCUT2D eigenvalue weighted by Crippen LogP contribution is 2.32. The Balaban J connectivity index is 1.51. The SMILES string of the molecule is O=C(c1c[nH]c(=O)n(Cc2ccc3c(c2)OCO3)c1=O)N(Cc1ccccc1)c1ccccn1. The molecule has 9 heteroatoms. The number of H-pyrrole nitrogens is 1. The zero-order valence-corrected chi connectivity index (χ0v) is 18.0. The van der Waals surface area contributed by atoms with Gasteiger partial charge < -0.3 is 14.5 Å². The molecule has 3 heterocycles. The third-order valence-electron chi connectivity index (χ3n) is 5.42. The second-order valence-corrected chi connectivity index (χ2v) is 7.65. The molecule has 5 rings (SSSR count). The summed E-state index contributed by atoms with van der Waals surface area (Å²) in [4.78, 5) is 47.5. The van der Waals surface area contributed by atoms with E-state index < -0.39 is 17.2 Å². The molecule has 2 aromatic carbocycles. The van der Waals surface area contributed by atoms with Crippen LogP contribution in [0.25, 0.3) is 0 Å². The molecule has 0 saturated heterocycles. The number of rotatable bonds is 6. The van der Waals surface area contributed by atoms with Gasteiger partial charge in [-0.1, -0.05) is 42.5 Å². The summed E-state index contributed by atoms with van der Waals surface area (Å²) in [6.07, 6.45) is 2.73. The van der Waals surface area contributed by atoms with Crippen molar-refractivity contribution in [1.29, 1.82) is 0 Å². The van der Waals surface area contributed by atoms with Gasteiger partial charge in [-0.15, -0.1) is 0 Å². The number of ether oxygens (including phenoxy) is 2. The maximum Gasteiger partial charge on any atom is 0.328 e. The number of aromatic nitrogens is 3. The normalized spacial score (nSPS) is 11.9. The Hall–Kier alpha value is -4.66. The summed E-state index contributed by atoms with van der Waals surface area (Å²) < 4.78 is 11.7. The van der Waals surface area contributed by atoms with E-state index >= 15 is 0 Å². The Morgan fingerprint density at radius 3 is 2.56 bits per heavy atom. The van der Waals surface area contributed by atoms with Crippen LogP contribution in [0.5, 0.6) is 11.5 Å². The highest BCUT2D eigenvalue weighted by molar-refractivity contribution is 6.05. The summed E-state index contributed by atoms with van der Waals surface area (Å²) in [7, 11) is 0. The maximum atomic E-state index is 13.6. The number of amides is 1. The average molecular weight is 456 g/mol. The van der Waals surface area contributed by atoms with Gasteiger partial charge >= 0.3 is 5.69 Å². The molecule has 0 atom stereocenters. The number of hydrogen-bond donors (Lipinski definition) is 1. The van der Waals surface area contributed by atoms with E-state index in [0.717, 1.165) is 16.3 Å². The number of anilines is 1. The number of hydrogen-bond acceptors (Lipinski definition) is 6. The number of pyridine rings is 1. The van der Waals surface area contributed by atoms with Crippen LogP contribution >= 0.6 is 0 Å². The van der Waals surface area contributed by atoms with Gasteiger partial charge in [0.2, 0.25) is 6.79 Å². The Labute approximate surface area is 193 Å². The molecule has 2 aromatic heterocycles. The molecule has 0 radical (unpaired) electrons. The third-order valence-corrected chi connectivity index (χ3v) is 5.42. The molecule has 0 saturated carbocycles. The summed E-state index contributed by atoms with van der Waals surface area (Å²) >= 11 is 0. The van der Waals surface area contributed by atoms with Gasteiger partial charge in [0.15, 0.2) is 11.5 Å². The van der Waals surface area contributed by atoms with E-state index in [9.17, 15) is 14.4 Å². The van der Waals surface area contributed by atoms with Gasteiger partial charge in [-0.2, -0.15) is 0 Å². The fourth-order valence-corrected chi connectivity index (χ4v) is 3.71. The highest BCUT2D eigenvalue weighted by atomic mass is 16.7. The first-order valence-electron chi connectivity index (χ1n) is 10.6. The maximum absolute atomic E-state index is 13.6. The van der Waals surface area contributed by atoms with Crippen molar-refractivity contribution in [3.05, 3.63) is 117 Å². The van der Waals surface area contributed by atoms with Crippen molar-refractivity contribution in [3.63, 3.8) is 0 Å². The van der Waals surface area contributed by atoms with Crippen LogP contribution in [0, 0.1) is 0 Å². The van der Waals surface area contributed by atoms with Gasteiger partial charge in [-0.25, -0.2) is 9.78 Å². The molecule has 1 N–H and O–H groups in total. The molecule has 1 aliphatic heterocycles. The van der Waals surface area contributed by atoms with Crippen LogP contribution in [0.1, 0.15) is 21.5 Å². The molecular formula is C25H20N4O5. The predicted molar refractivity (Wildman–Crippen MR) is 124 cm³/mol. The van der Waals surface area contributed by atoms with E-state index in [-0.39, 0.29) is 25.4 Å². The van der Waals surface area contributed by atoms with Crippen molar-refractivity contribution < 1.29 is 14.3 Å². The van der Waals surface area contributed by atoms with Gasteiger partial charge in [0.25, 0.3) is 11.5 Å². The van der Waals surface area contributed by atoms with Crippen LogP contribution in [0.15, 0.2) is 88.7 Å². The van der Waals surface area contributed by atoms with Crippen LogP contribution in [0.2, 0.25) is 0 Å². The smallest absolute Gasteiger partial charge is 0.328 e. The molecule has 1 aliphatic rings. The number of aromatic amines is 1. The Kier molecular flexibility index (Phi) is 5.65. The zero-order chi connectivity index (χ0) is 23.5. The molecular weight excluding hydrogens is 436 g/mol. The van der Waals surface area contributed by atoms with E-state index in [1.165, 1.54) is 4.90 Å². The molecule has 0 spiro atoms. The number of fused-ring (bicyclic) bond motifs is 1.